The quantitative estimate of drug-likeness (QED) is 0.0756. The van der Waals surface area contributed by atoms with Gasteiger partial charge in [-0.05, 0) is 96.6 Å². The minimum atomic E-state index is -1.71. The van der Waals surface area contributed by atoms with E-state index in [1.165, 1.54) is 11.9 Å². The number of carboxylic acid groups (broad SMARTS) is 1. The van der Waals surface area contributed by atoms with Crippen LogP contribution in [-0.2, 0) is 25.6 Å². The van der Waals surface area contributed by atoms with E-state index in [1.807, 2.05) is 12.1 Å². The molecule has 4 aromatic rings. The maximum absolute atomic E-state index is 14.6. The molecule has 60 heavy (non-hydrogen) atoms. The van der Waals surface area contributed by atoms with E-state index in [1.54, 1.807) is 72.8 Å². The SMILES string of the molecule is CN(C(=O)[C@H](CCCCN)NC(=O)c1ccc(-c2ccc(Cl)cc2)cc1)[C@@H]1C(=O)N[C@@H](N)C(=O)N[C@H](C(=O)O)Cc2ccc(OCCN)c(c2)-c2cc1ccc2OCCN. The van der Waals surface area contributed by atoms with Gasteiger partial charge in [0.1, 0.15) is 42.8 Å². The van der Waals surface area contributed by atoms with Gasteiger partial charge in [-0.3, -0.25) is 19.2 Å². The van der Waals surface area contributed by atoms with E-state index >= 15 is 0 Å². The lowest BCUT2D eigenvalue weighted by atomic mass is 9.93. The molecule has 1 heterocycles. The fraction of sp³-hybridized carbons (Fsp3) is 0.326. The highest BCUT2D eigenvalue weighted by atomic mass is 35.5. The van der Waals surface area contributed by atoms with Gasteiger partial charge in [-0.1, -0.05) is 48.0 Å². The van der Waals surface area contributed by atoms with E-state index in [0.717, 1.165) is 11.1 Å². The van der Waals surface area contributed by atoms with E-state index in [0.29, 0.717) is 58.2 Å². The predicted molar refractivity (Wildman–Crippen MR) is 227 cm³/mol. The molecular weight excluding hydrogens is 792 g/mol. The maximum atomic E-state index is 14.6. The van der Waals surface area contributed by atoms with Gasteiger partial charge >= 0.3 is 5.97 Å². The number of carboxylic acids is 1. The first-order valence-corrected chi connectivity index (χ1v) is 19.9. The monoisotopic (exact) mass is 842 g/mol. The van der Waals surface area contributed by atoms with Crippen LogP contribution >= 0.6 is 11.6 Å². The molecule has 1 aliphatic heterocycles. The fourth-order valence-electron chi connectivity index (χ4n) is 6.80. The molecule has 0 saturated heterocycles. The highest BCUT2D eigenvalue weighted by Gasteiger charge is 2.36. The molecule has 318 valence electrons. The van der Waals surface area contributed by atoms with E-state index in [4.69, 9.17) is 44.0 Å². The Kier molecular flexibility index (Phi) is 16.0. The first-order valence-electron chi connectivity index (χ1n) is 19.5. The Morgan fingerprint density at radius 1 is 0.817 bits per heavy atom. The normalized spacial score (nSPS) is 17.0. The molecule has 0 unspecified atom stereocenters. The van der Waals surface area contributed by atoms with Crippen molar-refractivity contribution in [3.05, 3.63) is 107 Å². The second-order valence-electron chi connectivity index (χ2n) is 14.2. The number of unbranched alkanes of at least 4 members (excludes halogenated alkanes) is 1. The Balaban J connectivity index is 1.57. The number of hydrogen-bond acceptors (Lipinski definition) is 11. The average molecular weight is 843 g/mol. The maximum Gasteiger partial charge on any atom is 0.326 e. The molecule has 16 nitrogen and oxygen atoms in total. The summed E-state index contributed by atoms with van der Waals surface area (Å²) >= 11 is 6.05. The van der Waals surface area contributed by atoms with Crippen LogP contribution in [0, 0.1) is 0 Å². The largest absolute Gasteiger partial charge is 0.492 e. The van der Waals surface area contributed by atoms with Crippen LogP contribution in [-0.4, -0.2) is 97.7 Å². The van der Waals surface area contributed by atoms with Gasteiger partial charge in [0, 0.05) is 48.3 Å². The van der Waals surface area contributed by atoms with E-state index in [9.17, 15) is 29.1 Å². The minimum Gasteiger partial charge on any atom is -0.492 e. The number of nitrogens with zero attached hydrogens (tertiary/aromatic N) is 1. The summed E-state index contributed by atoms with van der Waals surface area (Å²) in [4.78, 5) is 69.5. The van der Waals surface area contributed by atoms with Crippen LogP contribution in [0.2, 0.25) is 5.02 Å². The van der Waals surface area contributed by atoms with Gasteiger partial charge in [0.05, 0.1) is 0 Å². The van der Waals surface area contributed by atoms with Crippen LogP contribution in [0.4, 0.5) is 0 Å². The molecular formula is C43H51ClN8O8. The van der Waals surface area contributed by atoms with Crippen molar-refractivity contribution < 1.29 is 38.6 Å². The first-order chi connectivity index (χ1) is 28.8. The van der Waals surface area contributed by atoms with Gasteiger partial charge < -0.3 is 58.4 Å². The zero-order valence-electron chi connectivity index (χ0n) is 33.2. The standard InChI is InChI=1S/C43H51ClN8O8/c1-52(42(56)33(4-2-3-17-45)49-39(53)28-8-6-26(7-9-28)27-10-13-30(44)14-11-27)37-29-12-16-36(60-21-19-47)32(24-29)31-22-25(5-15-35(31)59-20-18-46)23-34(43(57)58)50-41(55)38(48)51-40(37)54/h5-16,22,24,33-34,37-38H,2-4,17-21,23,45-48H2,1H3,(H,49,53)(H,50,55)(H,51,54)(H,57,58)/t33-,34-,37-,38+/m0/s1. The Morgan fingerprint density at radius 2 is 1.42 bits per heavy atom. The van der Waals surface area contributed by atoms with Crippen LogP contribution in [0.5, 0.6) is 11.5 Å². The van der Waals surface area contributed by atoms with Crippen molar-refractivity contribution in [3.8, 4) is 33.8 Å². The fourth-order valence-corrected chi connectivity index (χ4v) is 6.93. The van der Waals surface area contributed by atoms with Crippen LogP contribution in [0.25, 0.3) is 22.3 Å². The van der Waals surface area contributed by atoms with Gasteiger partial charge in [0.25, 0.3) is 11.8 Å². The summed E-state index contributed by atoms with van der Waals surface area (Å²) in [5, 5.41) is 18.4. The van der Waals surface area contributed by atoms with Gasteiger partial charge in [0.15, 0.2) is 6.17 Å². The van der Waals surface area contributed by atoms with E-state index < -0.39 is 53.9 Å². The first kappa shape index (κ1) is 45.1. The predicted octanol–water partition coefficient (Wildman–Crippen LogP) is 2.30. The number of amides is 4. The van der Waals surface area contributed by atoms with Crippen molar-refractivity contribution in [2.45, 2.75) is 50.0 Å². The Morgan fingerprint density at radius 3 is 2.02 bits per heavy atom. The molecule has 4 aromatic carbocycles. The molecule has 0 radical (unpaired) electrons. The zero-order chi connectivity index (χ0) is 43.3. The lowest BCUT2D eigenvalue weighted by molar-refractivity contribution is -0.143. The highest BCUT2D eigenvalue weighted by Crippen LogP contribution is 2.40. The van der Waals surface area contributed by atoms with Crippen molar-refractivity contribution in [1.29, 1.82) is 0 Å². The highest BCUT2D eigenvalue weighted by molar-refractivity contribution is 6.30. The molecule has 12 N–H and O–H groups in total. The summed E-state index contributed by atoms with van der Waals surface area (Å²) < 4.78 is 12.1. The van der Waals surface area contributed by atoms with Crippen molar-refractivity contribution in [2.75, 3.05) is 39.9 Å². The lowest BCUT2D eigenvalue weighted by Gasteiger charge is -2.32. The second kappa shape index (κ2) is 21.3. The third-order valence-corrected chi connectivity index (χ3v) is 10.1. The van der Waals surface area contributed by atoms with Gasteiger partial charge in [-0.25, -0.2) is 4.79 Å². The summed E-state index contributed by atoms with van der Waals surface area (Å²) in [6, 6.07) is 20.0. The Hall–Kier alpha value is -6.04. The molecule has 0 aliphatic carbocycles. The number of fused-ring (bicyclic) bond motifs is 5. The number of likely N-dealkylation sites (N-methyl/N-ethyl adjacent to an activating group) is 1. The van der Waals surface area contributed by atoms with E-state index in [-0.39, 0.29) is 44.7 Å². The zero-order valence-corrected chi connectivity index (χ0v) is 34.0. The smallest absolute Gasteiger partial charge is 0.326 e. The van der Waals surface area contributed by atoms with Crippen molar-refractivity contribution in [2.24, 2.45) is 22.9 Å². The summed E-state index contributed by atoms with van der Waals surface area (Å²) in [5.41, 5.74) is 27.3. The molecule has 0 fully saturated rings. The Labute approximate surface area is 352 Å². The molecule has 4 amide bonds. The number of rotatable bonds is 16. The van der Waals surface area contributed by atoms with Crippen LogP contribution in [0.3, 0.4) is 0 Å². The van der Waals surface area contributed by atoms with Gasteiger partial charge in [0.2, 0.25) is 11.8 Å². The number of halogens is 1. The van der Waals surface area contributed by atoms with Crippen LogP contribution < -0.4 is 48.4 Å². The molecule has 4 bridgehead atoms. The topological polar surface area (TPSA) is 267 Å². The van der Waals surface area contributed by atoms with Gasteiger partial charge in [-0.2, -0.15) is 0 Å². The van der Waals surface area contributed by atoms with Crippen LogP contribution in [0.15, 0.2) is 84.9 Å². The summed E-state index contributed by atoms with van der Waals surface area (Å²) in [6.07, 6.45) is -0.631. The van der Waals surface area contributed by atoms with E-state index in [2.05, 4.69) is 16.0 Å². The number of nitrogens with two attached hydrogens (primary N) is 4. The third-order valence-electron chi connectivity index (χ3n) is 9.90. The summed E-state index contributed by atoms with van der Waals surface area (Å²) in [6.45, 7) is 0.996. The number of carbonyl (C=O) groups is 5. The number of hydrogen-bond donors (Lipinski definition) is 8. The van der Waals surface area contributed by atoms with Crippen molar-refractivity contribution >= 4 is 41.2 Å². The number of ether oxygens (including phenoxy) is 2. The molecule has 5 rings (SSSR count). The Bertz CT molecular complexity index is 2150. The third kappa shape index (κ3) is 11.4. The molecule has 17 heteroatoms. The number of aliphatic carboxylic acids is 1. The molecule has 1 aliphatic rings. The number of nitrogens with one attached hydrogen (secondary N) is 3. The second-order valence-corrected chi connectivity index (χ2v) is 14.6. The molecule has 0 saturated carbocycles. The summed E-state index contributed by atoms with van der Waals surface area (Å²) in [7, 11) is 1.40. The number of benzene rings is 4. The molecule has 0 aromatic heterocycles. The van der Waals surface area contributed by atoms with Gasteiger partial charge in [-0.15, -0.1) is 0 Å². The van der Waals surface area contributed by atoms with Crippen molar-refractivity contribution in [1.82, 2.24) is 20.9 Å². The van der Waals surface area contributed by atoms with Crippen molar-refractivity contribution in [3.63, 3.8) is 0 Å². The average Bonchev–Trinajstić information content (AvgIpc) is 3.24. The lowest BCUT2D eigenvalue weighted by Crippen LogP contribution is -2.58. The summed E-state index contributed by atoms with van der Waals surface area (Å²) in [5.74, 6) is -3.58. The number of carbonyl (C=O) groups excluding carboxylic acids is 4. The van der Waals surface area contributed by atoms with Crippen LogP contribution in [0.1, 0.15) is 46.8 Å². The molecule has 0 spiro atoms. The molecule has 4 atom stereocenters. The minimum absolute atomic E-state index is 0.128.